The largest absolute Gasteiger partial charge is 0.398 e. The number of carbonyl (C=O) groups is 1. The van der Waals surface area contributed by atoms with Gasteiger partial charge in [-0.2, -0.15) is 0 Å². The molecular weight excluding hydrogens is 318 g/mol. The molecule has 0 spiro atoms. The topological polar surface area (TPSA) is 58.4 Å². The Balaban J connectivity index is 1.82. The molecule has 4 nitrogen and oxygen atoms in total. The van der Waals surface area contributed by atoms with Gasteiger partial charge in [-0.15, -0.1) is 0 Å². The lowest BCUT2D eigenvalue weighted by molar-refractivity contribution is 0.0951. The zero-order valence-corrected chi connectivity index (χ0v) is 13.5. The summed E-state index contributed by atoms with van der Waals surface area (Å²) in [5.41, 5.74) is 8.01. The van der Waals surface area contributed by atoms with Crippen molar-refractivity contribution in [1.29, 1.82) is 0 Å². The van der Waals surface area contributed by atoms with E-state index in [9.17, 15) is 4.79 Å². The van der Waals surface area contributed by atoms with E-state index < -0.39 is 0 Å². The van der Waals surface area contributed by atoms with Crippen LogP contribution in [-0.4, -0.2) is 37.0 Å². The summed E-state index contributed by atoms with van der Waals surface area (Å²) < 4.78 is 0.836. The van der Waals surface area contributed by atoms with Crippen LogP contribution >= 0.6 is 15.9 Å². The van der Waals surface area contributed by atoms with Gasteiger partial charge in [-0.1, -0.05) is 15.9 Å². The number of rotatable bonds is 5. The number of amides is 1. The minimum absolute atomic E-state index is 0.0445. The van der Waals surface area contributed by atoms with E-state index in [1.807, 2.05) is 19.1 Å². The van der Waals surface area contributed by atoms with Crippen LogP contribution in [0.15, 0.2) is 16.6 Å². The van der Waals surface area contributed by atoms with E-state index in [-0.39, 0.29) is 5.91 Å². The van der Waals surface area contributed by atoms with Crippen LogP contribution in [0.1, 0.15) is 35.2 Å². The zero-order chi connectivity index (χ0) is 14.5. The van der Waals surface area contributed by atoms with Gasteiger partial charge in [0, 0.05) is 22.3 Å². The number of likely N-dealkylation sites (tertiary alicyclic amines) is 1. The predicted octanol–water partition coefficient (Wildman–Crippen LogP) is 2.56. The maximum absolute atomic E-state index is 12.2. The first-order valence-electron chi connectivity index (χ1n) is 7.14. The third kappa shape index (κ3) is 3.96. The highest BCUT2D eigenvalue weighted by atomic mass is 79.9. The van der Waals surface area contributed by atoms with Crippen LogP contribution in [-0.2, 0) is 0 Å². The van der Waals surface area contributed by atoms with Gasteiger partial charge in [0.25, 0.3) is 5.91 Å². The van der Waals surface area contributed by atoms with Crippen molar-refractivity contribution in [2.75, 3.05) is 31.9 Å². The van der Waals surface area contributed by atoms with Crippen molar-refractivity contribution in [2.45, 2.75) is 26.2 Å². The molecule has 0 atom stereocenters. The van der Waals surface area contributed by atoms with Gasteiger partial charge >= 0.3 is 0 Å². The summed E-state index contributed by atoms with van der Waals surface area (Å²) in [5.74, 6) is -0.0445. The molecule has 1 amide bonds. The predicted molar refractivity (Wildman–Crippen MR) is 85.9 cm³/mol. The third-order valence-electron chi connectivity index (χ3n) is 3.79. The molecule has 1 fully saturated rings. The second-order valence-electron chi connectivity index (χ2n) is 5.33. The normalized spacial score (nSPS) is 15.5. The van der Waals surface area contributed by atoms with E-state index in [0.717, 1.165) is 23.0 Å². The maximum Gasteiger partial charge on any atom is 0.251 e. The monoisotopic (exact) mass is 339 g/mol. The van der Waals surface area contributed by atoms with Gasteiger partial charge in [0.2, 0.25) is 0 Å². The molecule has 2 rings (SSSR count). The Morgan fingerprint density at radius 2 is 2.10 bits per heavy atom. The highest BCUT2D eigenvalue weighted by Crippen LogP contribution is 2.22. The average Bonchev–Trinajstić information content (AvgIpc) is 2.91. The third-order valence-corrected chi connectivity index (χ3v) is 4.25. The molecule has 0 aliphatic carbocycles. The molecule has 3 N–H and O–H groups in total. The maximum atomic E-state index is 12.2. The van der Waals surface area contributed by atoms with Crippen LogP contribution in [0.2, 0.25) is 0 Å². The highest BCUT2D eigenvalue weighted by molar-refractivity contribution is 9.10. The highest BCUT2D eigenvalue weighted by Gasteiger charge is 2.13. The number of nitrogens with two attached hydrogens (primary N) is 1. The minimum Gasteiger partial charge on any atom is -0.398 e. The number of hydrogen-bond donors (Lipinski definition) is 2. The summed E-state index contributed by atoms with van der Waals surface area (Å²) in [7, 11) is 0. The Morgan fingerprint density at radius 3 is 2.80 bits per heavy atom. The van der Waals surface area contributed by atoms with Crippen LogP contribution in [0.25, 0.3) is 0 Å². The van der Waals surface area contributed by atoms with Gasteiger partial charge in [-0.3, -0.25) is 4.79 Å². The number of anilines is 1. The first-order chi connectivity index (χ1) is 9.58. The Hall–Kier alpha value is -1.07. The van der Waals surface area contributed by atoms with Gasteiger partial charge in [-0.25, -0.2) is 0 Å². The Labute approximate surface area is 128 Å². The summed E-state index contributed by atoms with van der Waals surface area (Å²) in [4.78, 5) is 14.6. The Morgan fingerprint density at radius 1 is 1.40 bits per heavy atom. The Kier molecular flexibility index (Phi) is 5.43. The van der Waals surface area contributed by atoms with Crippen LogP contribution in [0.4, 0.5) is 5.69 Å². The molecule has 1 aliphatic heterocycles. The van der Waals surface area contributed by atoms with Gasteiger partial charge < -0.3 is 16.0 Å². The van der Waals surface area contributed by atoms with Crippen molar-refractivity contribution in [3.63, 3.8) is 0 Å². The molecule has 1 aliphatic rings. The lowest BCUT2D eigenvalue weighted by Crippen LogP contribution is -2.29. The standard InChI is InChI=1S/C15H22BrN3O/c1-11-13(9-12(16)10-14(11)17)15(20)18-5-4-8-19-6-2-3-7-19/h9-10H,2-8,17H2,1H3,(H,18,20). The molecule has 1 saturated heterocycles. The molecule has 5 heteroatoms. The number of nitrogens with zero attached hydrogens (tertiary/aromatic N) is 1. The summed E-state index contributed by atoms with van der Waals surface area (Å²) in [6, 6.07) is 3.64. The molecule has 1 heterocycles. The summed E-state index contributed by atoms with van der Waals surface area (Å²) in [6.45, 7) is 6.06. The molecule has 1 aromatic carbocycles. The SMILES string of the molecule is Cc1c(N)cc(Br)cc1C(=O)NCCCN1CCCC1. The number of carbonyl (C=O) groups excluding carboxylic acids is 1. The molecule has 0 radical (unpaired) electrons. The average molecular weight is 340 g/mol. The fourth-order valence-electron chi connectivity index (χ4n) is 2.54. The fraction of sp³-hybridized carbons (Fsp3) is 0.533. The Bertz CT molecular complexity index is 484. The van der Waals surface area contributed by atoms with Gasteiger partial charge in [0.1, 0.15) is 0 Å². The van der Waals surface area contributed by atoms with Crippen LogP contribution in [0, 0.1) is 6.92 Å². The van der Waals surface area contributed by atoms with Crippen LogP contribution < -0.4 is 11.1 Å². The zero-order valence-electron chi connectivity index (χ0n) is 11.9. The lowest BCUT2D eigenvalue weighted by atomic mass is 10.1. The van der Waals surface area contributed by atoms with Crippen molar-refractivity contribution < 1.29 is 4.79 Å². The smallest absolute Gasteiger partial charge is 0.251 e. The molecule has 0 unspecified atom stereocenters. The second-order valence-corrected chi connectivity index (χ2v) is 6.24. The van der Waals surface area contributed by atoms with Crippen molar-refractivity contribution in [2.24, 2.45) is 0 Å². The van der Waals surface area contributed by atoms with E-state index in [0.29, 0.717) is 17.8 Å². The second kappa shape index (κ2) is 7.09. The van der Waals surface area contributed by atoms with Crippen LogP contribution in [0.3, 0.4) is 0 Å². The molecule has 1 aromatic rings. The molecule has 0 bridgehead atoms. The summed E-state index contributed by atoms with van der Waals surface area (Å²) in [5, 5.41) is 2.98. The number of hydrogen-bond acceptors (Lipinski definition) is 3. The summed E-state index contributed by atoms with van der Waals surface area (Å²) >= 11 is 3.38. The first kappa shape index (κ1) is 15.3. The van der Waals surface area contributed by atoms with E-state index in [1.165, 1.54) is 25.9 Å². The molecule has 20 heavy (non-hydrogen) atoms. The van der Waals surface area contributed by atoms with E-state index in [2.05, 4.69) is 26.1 Å². The van der Waals surface area contributed by atoms with Gasteiger partial charge in [0.15, 0.2) is 0 Å². The lowest BCUT2D eigenvalue weighted by Gasteiger charge is -2.15. The van der Waals surface area contributed by atoms with E-state index in [1.54, 1.807) is 0 Å². The fourth-order valence-corrected chi connectivity index (χ4v) is 3.02. The van der Waals surface area contributed by atoms with Gasteiger partial charge in [-0.05, 0) is 63.5 Å². The van der Waals surface area contributed by atoms with Crippen molar-refractivity contribution in [1.82, 2.24) is 10.2 Å². The summed E-state index contributed by atoms with van der Waals surface area (Å²) in [6.07, 6.45) is 3.61. The molecular formula is C15H22BrN3O. The number of nitrogens with one attached hydrogen (secondary N) is 1. The number of nitrogen functional groups attached to an aromatic ring is 1. The van der Waals surface area contributed by atoms with Gasteiger partial charge in [0.05, 0.1) is 0 Å². The number of halogens is 1. The van der Waals surface area contributed by atoms with E-state index in [4.69, 9.17) is 5.73 Å². The minimum atomic E-state index is -0.0445. The molecule has 110 valence electrons. The van der Waals surface area contributed by atoms with Crippen LogP contribution in [0.5, 0.6) is 0 Å². The van der Waals surface area contributed by atoms with Crippen molar-refractivity contribution in [3.05, 3.63) is 27.7 Å². The van der Waals surface area contributed by atoms with Crippen molar-refractivity contribution in [3.8, 4) is 0 Å². The van der Waals surface area contributed by atoms with Crippen molar-refractivity contribution >= 4 is 27.5 Å². The molecule has 0 saturated carbocycles. The van der Waals surface area contributed by atoms with E-state index >= 15 is 0 Å². The quantitative estimate of drug-likeness (QED) is 0.640. The number of benzene rings is 1. The first-order valence-corrected chi connectivity index (χ1v) is 7.93. The molecule has 0 aromatic heterocycles.